The Morgan fingerprint density at radius 2 is 2.04 bits per heavy atom. The number of hydrogen-bond donors (Lipinski definition) is 1. The predicted octanol–water partition coefficient (Wildman–Crippen LogP) is 3.56. The van der Waals surface area contributed by atoms with E-state index in [9.17, 15) is 9.18 Å². The van der Waals surface area contributed by atoms with Gasteiger partial charge >= 0.3 is 0 Å². The van der Waals surface area contributed by atoms with E-state index in [4.69, 9.17) is 4.74 Å². The molecule has 0 unspecified atom stereocenters. The summed E-state index contributed by atoms with van der Waals surface area (Å²) in [5, 5.41) is 2.92. The zero-order valence-corrected chi connectivity index (χ0v) is 14.3. The molecule has 0 radical (unpaired) electrons. The van der Waals surface area contributed by atoms with Gasteiger partial charge in [-0.2, -0.15) is 0 Å². The standard InChI is InChI=1S/C18H17BrFNO2/c1-18(14-10-13(19)7-8-15(14)20)11-23-16(17(22)21-18)9-12-5-3-2-4-6-12/h2-8,10,16H,9,11H2,1H3,(H,21,22)/t16-,18-/m0/s1. The number of rotatable bonds is 3. The van der Waals surface area contributed by atoms with Crippen molar-refractivity contribution in [3.05, 3.63) is 69.9 Å². The fraction of sp³-hybridized carbons (Fsp3) is 0.278. The SMILES string of the molecule is C[C@@]1(c2cc(Br)ccc2F)CO[C@@H](Cc2ccccc2)C(=O)N1. The van der Waals surface area contributed by atoms with E-state index in [1.54, 1.807) is 19.1 Å². The highest BCUT2D eigenvalue weighted by molar-refractivity contribution is 9.10. The first-order chi connectivity index (χ1) is 11.0. The highest BCUT2D eigenvalue weighted by Gasteiger charge is 2.39. The third-order valence-electron chi connectivity index (χ3n) is 4.05. The number of morpholine rings is 1. The van der Waals surface area contributed by atoms with Crippen LogP contribution < -0.4 is 5.32 Å². The topological polar surface area (TPSA) is 38.3 Å². The summed E-state index contributed by atoms with van der Waals surface area (Å²) in [4.78, 5) is 12.4. The first kappa shape index (κ1) is 16.1. The Kier molecular flexibility index (Phi) is 4.50. The smallest absolute Gasteiger partial charge is 0.250 e. The monoisotopic (exact) mass is 377 g/mol. The van der Waals surface area contributed by atoms with Crippen LogP contribution in [-0.4, -0.2) is 18.6 Å². The number of benzene rings is 2. The summed E-state index contributed by atoms with van der Waals surface area (Å²) in [5.74, 6) is -0.580. The Morgan fingerprint density at radius 1 is 1.30 bits per heavy atom. The van der Waals surface area contributed by atoms with E-state index in [0.29, 0.717) is 12.0 Å². The first-order valence-corrected chi connectivity index (χ1v) is 8.20. The van der Waals surface area contributed by atoms with Gasteiger partial charge < -0.3 is 10.1 Å². The lowest BCUT2D eigenvalue weighted by Crippen LogP contribution is -2.57. The number of carbonyl (C=O) groups excluding carboxylic acids is 1. The van der Waals surface area contributed by atoms with Crippen LogP contribution in [0, 0.1) is 5.82 Å². The third-order valence-corrected chi connectivity index (χ3v) is 4.54. The van der Waals surface area contributed by atoms with Crippen molar-refractivity contribution in [1.29, 1.82) is 0 Å². The lowest BCUT2D eigenvalue weighted by Gasteiger charge is -2.38. The molecule has 120 valence electrons. The molecule has 1 aliphatic rings. The Hall–Kier alpha value is -1.72. The van der Waals surface area contributed by atoms with Crippen molar-refractivity contribution >= 4 is 21.8 Å². The minimum absolute atomic E-state index is 0.220. The molecule has 0 saturated carbocycles. The zero-order chi connectivity index (χ0) is 16.4. The van der Waals surface area contributed by atoms with Crippen molar-refractivity contribution in [2.75, 3.05) is 6.61 Å². The van der Waals surface area contributed by atoms with Crippen molar-refractivity contribution in [2.45, 2.75) is 25.0 Å². The number of nitrogens with one attached hydrogen (secondary N) is 1. The van der Waals surface area contributed by atoms with Crippen LogP contribution in [0.5, 0.6) is 0 Å². The van der Waals surface area contributed by atoms with Crippen LogP contribution >= 0.6 is 15.9 Å². The predicted molar refractivity (Wildman–Crippen MR) is 89.5 cm³/mol. The van der Waals surface area contributed by atoms with E-state index in [2.05, 4.69) is 21.2 Å². The van der Waals surface area contributed by atoms with Crippen LogP contribution in [0.3, 0.4) is 0 Å². The third kappa shape index (κ3) is 3.46. The fourth-order valence-corrected chi connectivity index (χ4v) is 3.14. The van der Waals surface area contributed by atoms with Gasteiger partial charge in [-0.3, -0.25) is 4.79 Å². The van der Waals surface area contributed by atoms with Gasteiger partial charge in [0.2, 0.25) is 5.91 Å². The average Bonchev–Trinajstić information content (AvgIpc) is 2.53. The van der Waals surface area contributed by atoms with Gasteiger partial charge in [-0.1, -0.05) is 46.3 Å². The van der Waals surface area contributed by atoms with Gasteiger partial charge in [0, 0.05) is 16.5 Å². The molecule has 2 aromatic rings. The molecule has 1 saturated heterocycles. The van der Waals surface area contributed by atoms with E-state index in [1.807, 2.05) is 30.3 Å². The van der Waals surface area contributed by atoms with Crippen molar-refractivity contribution in [2.24, 2.45) is 0 Å². The highest BCUT2D eigenvalue weighted by Crippen LogP contribution is 2.30. The molecule has 1 aliphatic heterocycles. The van der Waals surface area contributed by atoms with Crippen LogP contribution in [0.1, 0.15) is 18.1 Å². The first-order valence-electron chi connectivity index (χ1n) is 7.41. The Bertz CT molecular complexity index is 722. The normalized spacial score (nSPS) is 24.3. The van der Waals surface area contributed by atoms with Gasteiger partial charge in [0.15, 0.2) is 0 Å². The molecular formula is C18H17BrFNO2. The van der Waals surface area contributed by atoms with Crippen molar-refractivity contribution in [1.82, 2.24) is 5.32 Å². The molecule has 0 bridgehead atoms. The van der Waals surface area contributed by atoms with Gasteiger partial charge in [0.25, 0.3) is 0 Å². The molecule has 1 amide bonds. The van der Waals surface area contributed by atoms with Crippen molar-refractivity contribution < 1.29 is 13.9 Å². The average molecular weight is 378 g/mol. The van der Waals surface area contributed by atoms with Crippen LogP contribution in [0.4, 0.5) is 4.39 Å². The Labute approximate surface area is 143 Å². The molecule has 0 aliphatic carbocycles. The minimum Gasteiger partial charge on any atom is -0.365 e. The second-order valence-corrected chi connectivity index (χ2v) is 6.85. The summed E-state index contributed by atoms with van der Waals surface area (Å²) < 4.78 is 20.7. The summed E-state index contributed by atoms with van der Waals surface area (Å²) in [6.45, 7) is 2.00. The lowest BCUT2D eigenvalue weighted by molar-refractivity contribution is -0.145. The van der Waals surface area contributed by atoms with Gasteiger partial charge in [0.05, 0.1) is 12.1 Å². The Morgan fingerprint density at radius 3 is 2.74 bits per heavy atom. The molecule has 1 heterocycles. The largest absolute Gasteiger partial charge is 0.365 e. The van der Waals surface area contributed by atoms with E-state index in [-0.39, 0.29) is 18.3 Å². The number of ether oxygens (including phenoxy) is 1. The van der Waals surface area contributed by atoms with Gasteiger partial charge in [-0.15, -0.1) is 0 Å². The summed E-state index contributed by atoms with van der Waals surface area (Å²) in [7, 11) is 0. The molecule has 1 fully saturated rings. The maximum absolute atomic E-state index is 14.1. The van der Waals surface area contributed by atoms with Gasteiger partial charge in [-0.25, -0.2) is 4.39 Å². The quantitative estimate of drug-likeness (QED) is 0.887. The molecule has 23 heavy (non-hydrogen) atoms. The summed E-state index contributed by atoms with van der Waals surface area (Å²) in [6, 6.07) is 14.4. The number of amides is 1. The molecule has 2 aromatic carbocycles. The minimum atomic E-state index is -0.877. The fourth-order valence-electron chi connectivity index (χ4n) is 2.78. The van der Waals surface area contributed by atoms with Crippen molar-refractivity contribution in [3.63, 3.8) is 0 Å². The molecular weight excluding hydrogens is 361 g/mol. The molecule has 2 atom stereocenters. The summed E-state index contributed by atoms with van der Waals surface area (Å²) in [5.41, 5.74) is 0.571. The number of carbonyl (C=O) groups is 1. The van der Waals surface area contributed by atoms with Crippen LogP contribution in [0.15, 0.2) is 53.0 Å². The summed E-state index contributed by atoms with van der Waals surface area (Å²) >= 11 is 3.34. The van der Waals surface area contributed by atoms with Crippen molar-refractivity contribution in [3.8, 4) is 0 Å². The second kappa shape index (κ2) is 6.42. The number of hydrogen-bond acceptors (Lipinski definition) is 2. The van der Waals surface area contributed by atoms with Crippen LogP contribution in [0.2, 0.25) is 0 Å². The van der Waals surface area contributed by atoms with E-state index >= 15 is 0 Å². The van der Waals surface area contributed by atoms with E-state index in [0.717, 1.165) is 10.0 Å². The number of halogens is 2. The highest BCUT2D eigenvalue weighted by atomic mass is 79.9. The van der Waals surface area contributed by atoms with Crippen LogP contribution in [0.25, 0.3) is 0 Å². The van der Waals surface area contributed by atoms with E-state index < -0.39 is 11.6 Å². The molecule has 0 aromatic heterocycles. The van der Waals surface area contributed by atoms with Gasteiger partial charge in [-0.05, 0) is 30.7 Å². The molecule has 0 spiro atoms. The van der Waals surface area contributed by atoms with E-state index in [1.165, 1.54) is 6.07 Å². The second-order valence-electron chi connectivity index (χ2n) is 5.93. The van der Waals surface area contributed by atoms with Gasteiger partial charge in [0.1, 0.15) is 11.9 Å². The van der Waals surface area contributed by atoms with Crippen LogP contribution in [-0.2, 0) is 21.5 Å². The molecule has 3 rings (SSSR count). The maximum atomic E-state index is 14.1. The zero-order valence-electron chi connectivity index (χ0n) is 12.7. The summed E-state index contributed by atoms with van der Waals surface area (Å²) in [6.07, 6.45) is -0.0512. The lowest BCUT2D eigenvalue weighted by atomic mass is 9.90. The maximum Gasteiger partial charge on any atom is 0.250 e. The molecule has 5 heteroatoms. The molecule has 1 N–H and O–H groups in total. The molecule has 3 nitrogen and oxygen atoms in total. The Balaban J connectivity index is 1.77.